The van der Waals surface area contributed by atoms with Gasteiger partial charge < -0.3 is 0 Å². The number of fused-ring (bicyclic) bond motifs is 1. The molecule has 0 aromatic carbocycles. The molecule has 0 saturated heterocycles. The van der Waals surface area contributed by atoms with Crippen molar-refractivity contribution >= 4 is 0 Å². The van der Waals surface area contributed by atoms with Gasteiger partial charge in [0.05, 0.1) is 0 Å². The second-order valence-electron chi connectivity index (χ2n) is 5.87. The van der Waals surface area contributed by atoms with Crippen molar-refractivity contribution in [2.75, 3.05) is 0 Å². The number of allylic oxidation sites excluding steroid dienone is 3. The summed E-state index contributed by atoms with van der Waals surface area (Å²) in [7, 11) is 0. The SMILES string of the molecule is C=C1CC[C@@H](C(C)C)[C@H]2CC(C)=CC[C@@H]12. The van der Waals surface area contributed by atoms with Gasteiger partial charge in [-0.05, 0) is 56.3 Å². The van der Waals surface area contributed by atoms with Crippen molar-refractivity contribution in [1.82, 2.24) is 0 Å². The maximum atomic E-state index is 4.29. The average Bonchev–Trinajstić information content (AvgIpc) is 2.17. The Hall–Kier alpha value is -0.520. The Morgan fingerprint density at radius 2 is 2.13 bits per heavy atom. The average molecular weight is 204 g/mol. The molecule has 0 N–H and O–H groups in total. The van der Waals surface area contributed by atoms with Gasteiger partial charge in [0.1, 0.15) is 0 Å². The second kappa shape index (κ2) is 4.15. The summed E-state index contributed by atoms with van der Waals surface area (Å²) < 4.78 is 0. The summed E-state index contributed by atoms with van der Waals surface area (Å²) in [4.78, 5) is 0. The molecule has 0 amide bonds. The van der Waals surface area contributed by atoms with Gasteiger partial charge in [0.25, 0.3) is 0 Å². The van der Waals surface area contributed by atoms with E-state index in [0.29, 0.717) is 0 Å². The molecule has 0 radical (unpaired) electrons. The maximum Gasteiger partial charge on any atom is -0.0137 e. The Balaban J connectivity index is 2.20. The molecule has 0 heteroatoms. The minimum atomic E-state index is 0.801. The molecule has 0 aromatic rings. The van der Waals surface area contributed by atoms with Gasteiger partial charge in [-0.1, -0.05) is 37.6 Å². The largest absolute Gasteiger partial charge is 0.0996 e. The van der Waals surface area contributed by atoms with Crippen molar-refractivity contribution in [3.05, 3.63) is 23.8 Å². The molecule has 0 nitrogen and oxygen atoms in total. The zero-order valence-corrected chi connectivity index (χ0v) is 10.4. The number of hydrogen-bond acceptors (Lipinski definition) is 0. The lowest BCUT2D eigenvalue weighted by atomic mass is 9.61. The van der Waals surface area contributed by atoms with E-state index in [1.54, 1.807) is 5.57 Å². The predicted molar refractivity (Wildman–Crippen MR) is 66.7 cm³/mol. The first-order valence-corrected chi connectivity index (χ1v) is 6.43. The molecule has 15 heavy (non-hydrogen) atoms. The molecule has 2 aliphatic rings. The second-order valence-corrected chi connectivity index (χ2v) is 5.87. The molecule has 0 spiro atoms. The highest BCUT2D eigenvalue weighted by Gasteiger charge is 2.37. The van der Waals surface area contributed by atoms with E-state index in [1.165, 1.54) is 31.3 Å². The van der Waals surface area contributed by atoms with Crippen molar-refractivity contribution in [2.45, 2.75) is 46.5 Å². The van der Waals surface area contributed by atoms with Crippen molar-refractivity contribution in [1.29, 1.82) is 0 Å². The molecule has 1 fully saturated rings. The Kier molecular flexibility index (Phi) is 3.04. The quantitative estimate of drug-likeness (QED) is 0.548. The van der Waals surface area contributed by atoms with Gasteiger partial charge >= 0.3 is 0 Å². The van der Waals surface area contributed by atoms with Gasteiger partial charge in [-0.25, -0.2) is 0 Å². The van der Waals surface area contributed by atoms with E-state index in [4.69, 9.17) is 0 Å². The maximum absolute atomic E-state index is 4.29. The molecule has 3 atom stereocenters. The van der Waals surface area contributed by atoms with E-state index >= 15 is 0 Å². The van der Waals surface area contributed by atoms with Gasteiger partial charge in [0.15, 0.2) is 0 Å². The molecule has 2 rings (SSSR count). The lowest BCUT2D eigenvalue weighted by Gasteiger charge is -2.44. The van der Waals surface area contributed by atoms with Crippen molar-refractivity contribution < 1.29 is 0 Å². The van der Waals surface area contributed by atoms with Crippen LogP contribution in [0.15, 0.2) is 23.8 Å². The fraction of sp³-hybridized carbons (Fsp3) is 0.733. The molecule has 84 valence electrons. The van der Waals surface area contributed by atoms with Gasteiger partial charge in [-0.15, -0.1) is 0 Å². The molecular formula is C15H24. The van der Waals surface area contributed by atoms with Gasteiger partial charge in [-0.2, -0.15) is 0 Å². The Morgan fingerprint density at radius 1 is 1.40 bits per heavy atom. The van der Waals surface area contributed by atoms with Gasteiger partial charge in [-0.3, -0.25) is 0 Å². The summed E-state index contributed by atoms with van der Waals surface area (Å²) in [5.41, 5.74) is 3.14. The smallest absolute Gasteiger partial charge is 0.0137 e. The Morgan fingerprint density at radius 3 is 2.80 bits per heavy atom. The van der Waals surface area contributed by atoms with Gasteiger partial charge in [0.2, 0.25) is 0 Å². The third-order valence-corrected chi connectivity index (χ3v) is 4.52. The highest BCUT2D eigenvalue weighted by molar-refractivity contribution is 5.17. The first-order chi connectivity index (χ1) is 7.09. The Bertz CT molecular complexity index is 282. The summed E-state index contributed by atoms with van der Waals surface area (Å²) in [6, 6.07) is 0. The molecule has 2 aliphatic carbocycles. The zero-order chi connectivity index (χ0) is 11.0. The van der Waals surface area contributed by atoms with Crippen LogP contribution in [0, 0.1) is 23.7 Å². The van der Waals surface area contributed by atoms with Crippen LogP contribution >= 0.6 is 0 Å². The van der Waals surface area contributed by atoms with Crippen LogP contribution in [-0.2, 0) is 0 Å². The highest BCUT2D eigenvalue weighted by atomic mass is 14.4. The Labute approximate surface area is 94.5 Å². The first-order valence-electron chi connectivity index (χ1n) is 6.43. The van der Waals surface area contributed by atoms with Crippen LogP contribution in [0.2, 0.25) is 0 Å². The fourth-order valence-electron chi connectivity index (χ4n) is 3.60. The van der Waals surface area contributed by atoms with E-state index < -0.39 is 0 Å². The van der Waals surface area contributed by atoms with E-state index in [9.17, 15) is 0 Å². The monoisotopic (exact) mass is 204 g/mol. The predicted octanol–water partition coefficient (Wildman–Crippen LogP) is 4.58. The minimum Gasteiger partial charge on any atom is -0.0996 e. The molecule has 0 unspecified atom stereocenters. The molecule has 0 aromatic heterocycles. The normalized spacial score (nSPS) is 36.4. The molecule has 1 saturated carbocycles. The summed E-state index contributed by atoms with van der Waals surface area (Å²) in [6.07, 6.45) is 7.68. The third kappa shape index (κ3) is 2.04. The molecular weight excluding hydrogens is 180 g/mol. The van der Waals surface area contributed by atoms with Crippen molar-refractivity contribution in [3.8, 4) is 0 Å². The molecule has 0 aliphatic heterocycles. The first kappa shape index (κ1) is 11.0. The zero-order valence-electron chi connectivity index (χ0n) is 10.4. The third-order valence-electron chi connectivity index (χ3n) is 4.52. The number of rotatable bonds is 1. The van der Waals surface area contributed by atoms with Crippen LogP contribution in [0.5, 0.6) is 0 Å². The standard InChI is InChI=1S/C15H24/c1-10(2)13-8-6-12(4)14-7-5-11(3)9-15(13)14/h5,10,13-15H,4,6-9H2,1-3H3/t13-,14-,15+/m0/s1. The summed E-state index contributed by atoms with van der Waals surface area (Å²) in [5, 5.41) is 0. The fourth-order valence-corrected chi connectivity index (χ4v) is 3.60. The van der Waals surface area contributed by atoms with E-state index in [2.05, 4.69) is 33.4 Å². The van der Waals surface area contributed by atoms with Crippen LogP contribution in [-0.4, -0.2) is 0 Å². The van der Waals surface area contributed by atoms with Crippen LogP contribution in [0.3, 0.4) is 0 Å². The van der Waals surface area contributed by atoms with Crippen LogP contribution < -0.4 is 0 Å². The van der Waals surface area contributed by atoms with Gasteiger partial charge in [0, 0.05) is 0 Å². The number of hydrogen-bond donors (Lipinski definition) is 0. The summed E-state index contributed by atoms with van der Waals surface area (Å²) in [5.74, 6) is 3.48. The van der Waals surface area contributed by atoms with Crippen LogP contribution in [0.1, 0.15) is 46.5 Å². The highest BCUT2D eigenvalue weighted by Crippen LogP contribution is 2.47. The van der Waals surface area contributed by atoms with E-state index in [1.807, 2.05) is 0 Å². The lowest BCUT2D eigenvalue weighted by molar-refractivity contribution is 0.146. The summed E-state index contributed by atoms with van der Waals surface area (Å²) in [6.45, 7) is 11.4. The van der Waals surface area contributed by atoms with E-state index in [0.717, 1.165) is 23.7 Å². The van der Waals surface area contributed by atoms with Crippen LogP contribution in [0.4, 0.5) is 0 Å². The lowest BCUT2D eigenvalue weighted by Crippen LogP contribution is -2.34. The van der Waals surface area contributed by atoms with Crippen molar-refractivity contribution in [2.24, 2.45) is 23.7 Å². The van der Waals surface area contributed by atoms with E-state index in [-0.39, 0.29) is 0 Å². The molecule has 0 heterocycles. The van der Waals surface area contributed by atoms with Crippen LogP contribution in [0.25, 0.3) is 0 Å². The minimum absolute atomic E-state index is 0.801. The summed E-state index contributed by atoms with van der Waals surface area (Å²) >= 11 is 0. The molecule has 0 bridgehead atoms. The topological polar surface area (TPSA) is 0 Å². The van der Waals surface area contributed by atoms with Crippen molar-refractivity contribution in [3.63, 3.8) is 0 Å².